The van der Waals surface area contributed by atoms with Gasteiger partial charge >= 0.3 is 5.97 Å². The van der Waals surface area contributed by atoms with Crippen molar-refractivity contribution in [3.63, 3.8) is 0 Å². The van der Waals surface area contributed by atoms with Crippen LogP contribution in [0.25, 0.3) is 0 Å². The molecule has 2 heterocycles. The highest BCUT2D eigenvalue weighted by Gasteiger charge is 2.22. The highest BCUT2D eigenvalue weighted by molar-refractivity contribution is 7.12. The Hall–Kier alpha value is -2.87. The normalized spacial score (nSPS) is 13.5. The molecule has 8 heteroatoms. The summed E-state index contributed by atoms with van der Waals surface area (Å²) >= 11 is 1.28. The van der Waals surface area contributed by atoms with Crippen molar-refractivity contribution in [3.8, 4) is 0 Å². The summed E-state index contributed by atoms with van der Waals surface area (Å²) in [5, 5.41) is 4.26. The predicted molar refractivity (Wildman–Crippen MR) is 103 cm³/mol. The van der Waals surface area contributed by atoms with E-state index in [9.17, 15) is 14.4 Å². The molecule has 0 atom stereocenters. The number of nitrogens with one attached hydrogen (secondary N) is 1. The van der Waals surface area contributed by atoms with Crippen molar-refractivity contribution in [2.24, 2.45) is 0 Å². The number of furan rings is 1. The fourth-order valence-corrected chi connectivity index (χ4v) is 3.53. The van der Waals surface area contributed by atoms with Gasteiger partial charge in [-0.25, -0.2) is 0 Å². The molecule has 0 spiro atoms. The first-order valence-corrected chi connectivity index (χ1v) is 10.0. The Labute approximate surface area is 167 Å². The molecule has 28 heavy (non-hydrogen) atoms. The van der Waals surface area contributed by atoms with E-state index in [1.165, 1.54) is 11.3 Å². The summed E-state index contributed by atoms with van der Waals surface area (Å²) in [5.41, 5.74) is 0.926. The van der Waals surface area contributed by atoms with Crippen LogP contribution in [0.4, 0.5) is 0 Å². The lowest BCUT2D eigenvalue weighted by atomic mass is 10.0. The van der Waals surface area contributed by atoms with Gasteiger partial charge in [0.2, 0.25) is 0 Å². The maximum absolute atomic E-state index is 12.7. The van der Waals surface area contributed by atoms with Crippen molar-refractivity contribution in [2.75, 3.05) is 13.2 Å². The van der Waals surface area contributed by atoms with Gasteiger partial charge in [0, 0.05) is 5.70 Å². The molecule has 1 N–H and O–H groups in total. The molecular weight excluding hydrogens is 380 g/mol. The number of carbonyl (C=O) groups is 3. The highest BCUT2D eigenvalue weighted by Crippen LogP contribution is 2.23. The van der Waals surface area contributed by atoms with E-state index < -0.39 is 5.97 Å². The van der Waals surface area contributed by atoms with Crippen LogP contribution in [0.15, 0.2) is 52.1 Å². The minimum Gasteiger partial charge on any atom is -0.467 e. The summed E-state index contributed by atoms with van der Waals surface area (Å²) in [6, 6.07) is 6.99. The van der Waals surface area contributed by atoms with Crippen molar-refractivity contribution in [1.82, 2.24) is 10.2 Å². The summed E-state index contributed by atoms with van der Waals surface area (Å²) in [7, 11) is 0. The van der Waals surface area contributed by atoms with E-state index in [0.717, 1.165) is 31.4 Å². The van der Waals surface area contributed by atoms with E-state index in [4.69, 9.17) is 9.15 Å². The van der Waals surface area contributed by atoms with E-state index in [0.29, 0.717) is 17.2 Å². The zero-order valence-electron chi connectivity index (χ0n) is 15.4. The molecule has 0 unspecified atom stereocenters. The Balaban J connectivity index is 1.51. The molecule has 0 fully saturated rings. The summed E-state index contributed by atoms with van der Waals surface area (Å²) in [5.74, 6) is -0.657. The van der Waals surface area contributed by atoms with Crippen LogP contribution in [0.3, 0.4) is 0 Å². The number of hydrogen-bond donors (Lipinski definition) is 1. The van der Waals surface area contributed by atoms with Gasteiger partial charge in [-0.05, 0) is 49.3 Å². The largest absolute Gasteiger partial charge is 0.467 e. The third-order valence-electron chi connectivity index (χ3n) is 4.30. The number of nitrogens with zero attached hydrogens (tertiary/aromatic N) is 1. The molecule has 2 aromatic heterocycles. The molecule has 0 saturated carbocycles. The van der Waals surface area contributed by atoms with E-state index >= 15 is 0 Å². The van der Waals surface area contributed by atoms with Crippen LogP contribution in [0.1, 0.15) is 41.1 Å². The zero-order valence-corrected chi connectivity index (χ0v) is 16.2. The SMILES string of the molecule is O=C(CNC(=O)c1cccs1)OCC(=O)N(Cc1ccco1)C1=CCCCC1. The Bertz CT molecular complexity index is 827. The monoisotopic (exact) mass is 402 g/mol. The molecule has 2 aromatic rings. The van der Waals surface area contributed by atoms with E-state index in [1.807, 2.05) is 6.08 Å². The lowest BCUT2D eigenvalue weighted by molar-refractivity contribution is -0.150. The van der Waals surface area contributed by atoms with E-state index in [-0.39, 0.29) is 25.0 Å². The molecule has 7 nitrogen and oxygen atoms in total. The van der Waals surface area contributed by atoms with Crippen molar-refractivity contribution < 1.29 is 23.5 Å². The number of allylic oxidation sites excluding steroid dienone is 2. The Morgan fingerprint density at radius 1 is 1.21 bits per heavy atom. The van der Waals surface area contributed by atoms with Gasteiger partial charge in [0.25, 0.3) is 11.8 Å². The quantitative estimate of drug-likeness (QED) is 0.686. The number of carbonyl (C=O) groups excluding carboxylic acids is 3. The van der Waals surface area contributed by atoms with Gasteiger partial charge < -0.3 is 19.4 Å². The van der Waals surface area contributed by atoms with Gasteiger partial charge in [0.15, 0.2) is 6.61 Å². The highest BCUT2D eigenvalue weighted by atomic mass is 32.1. The van der Waals surface area contributed by atoms with Crippen molar-refractivity contribution in [1.29, 1.82) is 0 Å². The maximum atomic E-state index is 12.7. The molecule has 0 aliphatic heterocycles. The van der Waals surface area contributed by atoms with Crippen LogP contribution in [0.2, 0.25) is 0 Å². The number of amides is 2. The molecule has 0 radical (unpaired) electrons. The predicted octanol–water partition coefficient (Wildman–Crippen LogP) is 3.10. The molecule has 2 amide bonds. The van der Waals surface area contributed by atoms with Crippen molar-refractivity contribution in [2.45, 2.75) is 32.2 Å². The summed E-state index contributed by atoms with van der Waals surface area (Å²) in [6.45, 7) is -0.374. The molecule has 0 aromatic carbocycles. The van der Waals surface area contributed by atoms with Crippen molar-refractivity contribution >= 4 is 29.1 Å². The fraction of sp³-hybridized carbons (Fsp3) is 0.350. The Kier molecular flexibility index (Phi) is 7.02. The van der Waals surface area contributed by atoms with Crippen LogP contribution in [-0.4, -0.2) is 35.8 Å². The third-order valence-corrected chi connectivity index (χ3v) is 5.17. The lowest BCUT2D eigenvalue weighted by Gasteiger charge is -2.26. The van der Waals surface area contributed by atoms with E-state index in [1.54, 1.807) is 40.8 Å². The van der Waals surface area contributed by atoms with Gasteiger partial charge in [-0.2, -0.15) is 0 Å². The molecule has 0 bridgehead atoms. The number of thiophene rings is 1. The second-order valence-electron chi connectivity index (χ2n) is 6.32. The molecule has 0 saturated heterocycles. The summed E-state index contributed by atoms with van der Waals surface area (Å²) in [4.78, 5) is 38.5. The topological polar surface area (TPSA) is 88.8 Å². The number of rotatable bonds is 8. The number of esters is 1. The molecule has 148 valence electrons. The van der Waals surface area contributed by atoms with Crippen molar-refractivity contribution in [3.05, 3.63) is 58.3 Å². The Morgan fingerprint density at radius 3 is 2.79 bits per heavy atom. The van der Waals surface area contributed by atoms with Gasteiger partial charge in [0.05, 0.1) is 17.7 Å². The summed E-state index contributed by atoms with van der Waals surface area (Å²) in [6.07, 6.45) is 7.45. The smallest absolute Gasteiger partial charge is 0.325 e. The average Bonchev–Trinajstić information content (AvgIpc) is 3.43. The second kappa shape index (κ2) is 9.89. The molecular formula is C20H22N2O5S. The van der Waals surface area contributed by atoms with Crippen LogP contribution in [-0.2, 0) is 20.9 Å². The first kappa shape index (κ1) is 19.9. The zero-order chi connectivity index (χ0) is 19.8. The standard InChI is InChI=1S/C20H22N2O5S/c23-18(14-27-19(24)12-21-20(25)17-9-5-11-28-17)22(13-16-8-4-10-26-16)15-6-2-1-3-7-15/h4-6,8-11H,1-3,7,12-14H2,(H,21,25). The fourth-order valence-electron chi connectivity index (χ4n) is 2.89. The first-order valence-electron chi connectivity index (χ1n) is 9.12. The Morgan fingerprint density at radius 2 is 2.11 bits per heavy atom. The minimum absolute atomic E-state index is 0.287. The molecule has 3 rings (SSSR count). The summed E-state index contributed by atoms with van der Waals surface area (Å²) < 4.78 is 10.4. The first-order chi connectivity index (χ1) is 13.6. The van der Waals surface area contributed by atoms with Crippen LogP contribution >= 0.6 is 11.3 Å². The van der Waals surface area contributed by atoms with Gasteiger partial charge in [-0.15, -0.1) is 11.3 Å². The van der Waals surface area contributed by atoms with Crippen LogP contribution < -0.4 is 5.32 Å². The van der Waals surface area contributed by atoms with Crippen LogP contribution in [0, 0.1) is 0 Å². The molecule has 1 aliphatic rings. The van der Waals surface area contributed by atoms with Gasteiger partial charge in [-0.1, -0.05) is 12.1 Å². The average molecular weight is 402 g/mol. The number of hydrogen-bond acceptors (Lipinski definition) is 6. The van der Waals surface area contributed by atoms with Gasteiger partial charge in [0.1, 0.15) is 12.3 Å². The number of ether oxygens (including phenoxy) is 1. The maximum Gasteiger partial charge on any atom is 0.325 e. The third kappa shape index (κ3) is 5.56. The lowest BCUT2D eigenvalue weighted by Crippen LogP contribution is -2.36. The van der Waals surface area contributed by atoms with E-state index in [2.05, 4.69) is 5.32 Å². The second-order valence-corrected chi connectivity index (χ2v) is 7.27. The molecule has 1 aliphatic carbocycles. The van der Waals surface area contributed by atoms with Gasteiger partial charge in [-0.3, -0.25) is 14.4 Å². The minimum atomic E-state index is -0.658. The van der Waals surface area contributed by atoms with Crippen LogP contribution in [0.5, 0.6) is 0 Å².